The van der Waals surface area contributed by atoms with Gasteiger partial charge in [0, 0.05) is 29.4 Å². The van der Waals surface area contributed by atoms with E-state index in [1.165, 1.54) is 4.68 Å². The van der Waals surface area contributed by atoms with Crippen LogP contribution >= 0.6 is 12.2 Å². The smallest absolute Gasteiger partial charge is 0.331 e. The van der Waals surface area contributed by atoms with Crippen molar-refractivity contribution >= 4 is 41.0 Å². The highest BCUT2D eigenvalue weighted by atomic mass is 32.1. The fourth-order valence-electron chi connectivity index (χ4n) is 4.23. The molecule has 4 rings (SSSR count). The number of aromatic nitrogens is 2. The van der Waals surface area contributed by atoms with Gasteiger partial charge >= 0.3 is 6.18 Å². The standard InChI is InChI=1S/C30H29F3N6OS/c1-18(2)24-7-5-6-8-25(24)35-29(41)37-34-17-20-9-11-21(12-10-20)26-19(3)27(39(4)38-26)36-28(40)22-13-15-23(16-14-22)30(31,32)33/h5-18H,1-4H3,(H,36,40)(H2,35,37,41)/b34-17+. The minimum absolute atomic E-state index is 0.108. The molecule has 0 aliphatic heterocycles. The lowest BCUT2D eigenvalue weighted by Gasteiger charge is -2.14. The lowest BCUT2D eigenvalue weighted by molar-refractivity contribution is -0.137. The molecule has 0 saturated carbocycles. The number of halogens is 3. The maximum absolute atomic E-state index is 12.8. The van der Waals surface area contributed by atoms with E-state index >= 15 is 0 Å². The van der Waals surface area contributed by atoms with E-state index in [9.17, 15) is 18.0 Å². The fraction of sp³-hybridized carbons (Fsp3) is 0.200. The number of aryl methyl sites for hydroxylation is 1. The van der Waals surface area contributed by atoms with Crippen molar-refractivity contribution in [3.05, 3.63) is 101 Å². The molecule has 3 aromatic carbocycles. The molecule has 0 atom stereocenters. The molecule has 4 aromatic rings. The Morgan fingerprint density at radius 1 is 1.00 bits per heavy atom. The second kappa shape index (κ2) is 12.3. The van der Waals surface area contributed by atoms with E-state index in [4.69, 9.17) is 12.2 Å². The Bertz CT molecular complexity index is 1580. The first-order valence-electron chi connectivity index (χ1n) is 12.8. The number of para-hydroxylation sites is 1. The van der Waals surface area contributed by atoms with Gasteiger partial charge in [0.15, 0.2) is 5.11 Å². The molecule has 212 valence electrons. The number of nitrogens with one attached hydrogen (secondary N) is 3. The Labute approximate surface area is 241 Å². The van der Waals surface area contributed by atoms with Gasteiger partial charge in [0.2, 0.25) is 0 Å². The minimum atomic E-state index is -4.47. The molecular formula is C30H29F3N6OS. The molecule has 11 heteroatoms. The molecule has 3 N–H and O–H groups in total. The van der Waals surface area contributed by atoms with Crippen LogP contribution in [0.1, 0.15) is 52.4 Å². The molecular weight excluding hydrogens is 549 g/mol. The zero-order valence-corrected chi connectivity index (χ0v) is 23.7. The number of hydrazone groups is 1. The number of rotatable bonds is 7. The lowest BCUT2D eigenvalue weighted by Crippen LogP contribution is -2.24. The zero-order chi connectivity index (χ0) is 29.7. The van der Waals surface area contributed by atoms with Crippen molar-refractivity contribution in [2.45, 2.75) is 32.9 Å². The summed E-state index contributed by atoms with van der Waals surface area (Å²) in [6.07, 6.45) is -2.82. The number of carbonyl (C=O) groups excluding carboxylic acids is 1. The average Bonchev–Trinajstić information content (AvgIpc) is 3.21. The number of carbonyl (C=O) groups is 1. The van der Waals surface area contributed by atoms with Gasteiger partial charge in [-0.2, -0.15) is 23.4 Å². The van der Waals surface area contributed by atoms with Crippen molar-refractivity contribution in [3.63, 3.8) is 0 Å². The highest BCUT2D eigenvalue weighted by molar-refractivity contribution is 7.80. The highest BCUT2D eigenvalue weighted by Crippen LogP contribution is 2.30. The Balaban J connectivity index is 1.40. The van der Waals surface area contributed by atoms with Crippen LogP contribution in [0.3, 0.4) is 0 Å². The van der Waals surface area contributed by atoms with Crippen LogP contribution in [0, 0.1) is 6.92 Å². The van der Waals surface area contributed by atoms with Crippen LogP contribution in [0.15, 0.2) is 77.9 Å². The number of anilines is 2. The van der Waals surface area contributed by atoms with Crippen LogP contribution in [0.5, 0.6) is 0 Å². The van der Waals surface area contributed by atoms with E-state index in [1.54, 1.807) is 13.3 Å². The number of nitrogens with zero attached hydrogens (tertiary/aromatic N) is 3. The normalized spacial score (nSPS) is 11.6. The summed E-state index contributed by atoms with van der Waals surface area (Å²) >= 11 is 5.37. The summed E-state index contributed by atoms with van der Waals surface area (Å²) in [5.74, 6) is 0.257. The van der Waals surface area contributed by atoms with E-state index in [-0.39, 0.29) is 5.56 Å². The third-order valence-corrected chi connectivity index (χ3v) is 6.58. The summed E-state index contributed by atoms with van der Waals surface area (Å²) in [5, 5.41) is 15.1. The molecule has 7 nitrogen and oxygen atoms in total. The number of hydrogen-bond acceptors (Lipinski definition) is 4. The van der Waals surface area contributed by atoms with Crippen molar-refractivity contribution in [2.75, 3.05) is 10.6 Å². The van der Waals surface area contributed by atoms with Crippen LogP contribution in [0.2, 0.25) is 0 Å². The topological polar surface area (TPSA) is 83.3 Å². The quantitative estimate of drug-likeness (QED) is 0.124. The molecule has 0 spiro atoms. The van der Waals surface area contributed by atoms with Crippen LogP contribution in [0.4, 0.5) is 24.7 Å². The molecule has 0 aliphatic carbocycles. The molecule has 1 aromatic heterocycles. The fourth-order valence-corrected chi connectivity index (χ4v) is 4.39. The van der Waals surface area contributed by atoms with Gasteiger partial charge in [-0.05, 0) is 66.5 Å². The second-order valence-corrected chi connectivity index (χ2v) is 10.1. The molecule has 0 saturated heterocycles. The summed E-state index contributed by atoms with van der Waals surface area (Å²) in [4.78, 5) is 12.7. The van der Waals surface area contributed by atoms with Crippen LogP contribution in [-0.4, -0.2) is 27.0 Å². The van der Waals surface area contributed by atoms with Gasteiger partial charge in [0.1, 0.15) is 5.82 Å². The first-order valence-corrected chi connectivity index (χ1v) is 13.2. The molecule has 0 unspecified atom stereocenters. The molecule has 1 heterocycles. The first-order chi connectivity index (χ1) is 19.4. The van der Waals surface area contributed by atoms with Gasteiger partial charge < -0.3 is 10.6 Å². The van der Waals surface area contributed by atoms with E-state index in [0.717, 1.165) is 46.6 Å². The first kappa shape index (κ1) is 29.5. The summed E-state index contributed by atoms with van der Waals surface area (Å²) < 4.78 is 40.0. The van der Waals surface area contributed by atoms with Gasteiger partial charge in [-0.3, -0.25) is 14.9 Å². The van der Waals surface area contributed by atoms with Crippen LogP contribution in [-0.2, 0) is 13.2 Å². The Kier molecular flexibility index (Phi) is 8.87. The third kappa shape index (κ3) is 7.17. The van der Waals surface area contributed by atoms with Gasteiger partial charge in [0.05, 0.1) is 17.5 Å². The van der Waals surface area contributed by atoms with Crippen molar-refractivity contribution in [1.29, 1.82) is 0 Å². The number of amides is 1. The van der Waals surface area contributed by atoms with Gasteiger partial charge in [-0.15, -0.1) is 0 Å². The number of hydrogen-bond donors (Lipinski definition) is 3. The van der Waals surface area contributed by atoms with Crippen molar-refractivity contribution in [1.82, 2.24) is 15.2 Å². The Morgan fingerprint density at radius 3 is 2.29 bits per heavy atom. The molecule has 0 bridgehead atoms. The molecule has 41 heavy (non-hydrogen) atoms. The van der Waals surface area contributed by atoms with Crippen molar-refractivity contribution in [2.24, 2.45) is 12.1 Å². The highest BCUT2D eigenvalue weighted by Gasteiger charge is 2.30. The van der Waals surface area contributed by atoms with E-state index in [2.05, 4.69) is 46.2 Å². The summed E-state index contributed by atoms with van der Waals surface area (Å²) in [7, 11) is 1.68. The number of alkyl halides is 3. The zero-order valence-electron chi connectivity index (χ0n) is 22.9. The third-order valence-electron chi connectivity index (χ3n) is 6.39. The summed E-state index contributed by atoms with van der Waals surface area (Å²) in [6.45, 7) is 6.05. The minimum Gasteiger partial charge on any atom is -0.331 e. The van der Waals surface area contributed by atoms with E-state index in [0.29, 0.717) is 28.1 Å². The predicted molar refractivity (Wildman–Crippen MR) is 160 cm³/mol. The summed E-state index contributed by atoms with van der Waals surface area (Å²) in [6, 6.07) is 19.5. The molecule has 0 radical (unpaired) electrons. The van der Waals surface area contributed by atoms with Gasteiger partial charge in [-0.1, -0.05) is 56.3 Å². The average molecular weight is 579 g/mol. The van der Waals surface area contributed by atoms with Crippen molar-refractivity contribution < 1.29 is 18.0 Å². The van der Waals surface area contributed by atoms with Gasteiger partial charge in [0.25, 0.3) is 5.91 Å². The molecule has 0 aliphatic rings. The second-order valence-electron chi connectivity index (χ2n) is 9.66. The maximum Gasteiger partial charge on any atom is 0.416 e. The van der Waals surface area contributed by atoms with Gasteiger partial charge in [-0.25, -0.2) is 0 Å². The SMILES string of the molecule is Cc1c(-c2ccc(/C=N/NC(=S)Nc3ccccc3C(C)C)cc2)nn(C)c1NC(=O)c1ccc(C(F)(F)F)cc1. The molecule has 0 fully saturated rings. The summed E-state index contributed by atoms with van der Waals surface area (Å²) in [5.41, 5.74) is 7.24. The van der Waals surface area contributed by atoms with E-state index < -0.39 is 17.6 Å². The number of thiocarbonyl (C=S) groups is 1. The predicted octanol–water partition coefficient (Wildman–Crippen LogP) is 7.11. The number of benzene rings is 3. The maximum atomic E-state index is 12.8. The molecule has 1 amide bonds. The van der Waals surface area contributed by atoms with Crippen molar-refractivity contribution in [3.8, 4) is 11.3 Å². The van der Waals surface area contributed by atoms with Crippen LogP contribution < -0.4 is 16.1 Å². The lowest BCUT2D eigenvalue weighted by atomic mass is 10.0. The Hall–Kier alpha value is -4.51. The van der Waals surface area contributed by atoms with Crippen LogP contribution in [0.25, 0.3) is 11.3 Å². The Morgan fingerprint density at radius 2 is 1.66 bits per heavy atom. The largest absolute Gasteiger partial charge is 0.416 e. The monoisotopic (exact) mass is 578 g/mol. The van der Waals surface area contributed by atoms with E-state index in [1.807, 2.05) is 49.4 Å².